The molecule has 6 nitrogen and oxygen atoms in total. The fourth-order valence-electron chi connectivity index (χ4n) is 4.85. The van der Waals surface area contributed by atoms with E-state index in [1.807, 2.05) is 24.3 Å². The number of halogens is 1. The van der Waals surface area contributed by atoms with E-state index >= 15 is 0 Å². The maximum atomic E-state index is 11.2. The third-order valence-corrected chi connectivity index (χ3v) is 7.11. The normalized spacial score (nSPS) is 21.6. The van der Waals surface area contributed by atoms with Gasteiger partial charge >= 0.3 is 5.97 Å². The number of carbonyl (C=O) groups is 1. The van der Waals surface area contributed by atoms with Gasteiger partial charge in [-0.2, -0.15) is 0 Å². The maximum absolute atomic E-state index is 11.2. The number of nitrogens with zero attached hydrogens (tertiary/aromatic N) is 2. The van der Waals surface area contributed by atoms with Gasteiger partial charge in [0.1, 0.15) is 17.6 Å². The summed E-state index contributed by atoms with van der Waals surface area (Å²) in [5.41, 5.74) is 2.23. The van der Waals surface area contributed by atoms with E-state index in [-0.39, 0.29) is 18.6 Å². The Hall–Kier alpha value is -2.41. The molecule has 0 saturated carbocycles. The van der Waals surface area contributed by atoms with Crippen molar-refractivity contribution in [1.82, 2.24) is 0 Å². The summed E-state index contributed by atoms with van der Waals surface area (Å²) in [6.07, 6.45) is 3.20. The molecule has 172 valence electrons. The van der Waals surface area contributed by atoms with Gasteiger partial charge in [-0.15, -0.1) is 0 Å². The van der Waals surface area contributed by atoms with Crippen molar-refractivity contribution in [3.8, 4) is 11.5 Å². The standard InChI is InChI=1S/C25H31BrN2O4/c1-17-13-19(14-25(29)30)28(16-17)18-3-5-20(6-4-18)32-21-9-11-27(12-10-21)24-15-22(31-2)7-8-23(24)26/h3-8,15,17,19,21H,9-14,16H2,1-2H3,(H,29,30)/t17-,19-/m1/s1. The lowest BCUT2D eigenvalue weighted by Crippen LogP contribution is -2.38. The average molecular weight is 503 g/mol. The summed E-state index contributed by atoms with van der Waals surface area (Å²) in [7, 11) is 1.69. The van der Waals surface area contributed by atoms with Crippen molar-refractivity contribution >= 4 is 33.3 Å². The van der Waals surface area contributed by atoms with E-state index < -0.39 is 5.97 Å². The number of carboxylic acids is 1. The molecule has 2 heterocycles. The van der Waals surface area contributed by atoms with Crippen LogP contribution in [-0.4, -0.2) is 50.0 Å². The minimum absolute atomic E-state index is 0.0644. The first kappa shape index (κ1) is 22.8. The topological polar surface area (TPSA) is 62.2 Å². The molecule has 2 fully saturated rings. The largest absolute Gasteiger partial charge is 0.497 e. The molecule has 2 saturated heterocycles. The predicted octanol–water partition coefficient (Wildman–Crippen LogP) is 5.20. The number of hydrogen-bond acceptors (Lipinski definition) is 5. The number of carboxylic acid groups (broad SMARTS) is 1. The van der Waals surface area contributed by atoms with Crippen molar-refractivity contribution in [2.24, 2.45) is 5.92 Å². The molecule has 2 aromatic carbocycles. The van der Waals surface area contributed by atoms with Crippen LogP contribution in [0.15, 0.2) is 46.9 Å². The van der Waals surface area contributed by atoms with Gasteiger partial charge in [0, 0.05) is 54.7 Å². The molecule has 2 aliphatic heterocycles. The van der Waals surface area contributed by atoms with Crippen LogP contribution in [0.4, 0.5) is 11.4 Å². The first-order valence-corrected chi connectivity index (χ1v) is 12.1. The summed E-state index contributed by atoms with van der Waals surface area (Å²) in [5, 5.41) is 9.23. The molecule has 7 heteroatoms. The number of rotatable bonds is 7. The number of methoxy groups -OCH3 is 1. The number of ether oxygens (including phenoxy) is 2. The molecule has 0 radical (unpaired) electrons. The lowest BCUT2D eigenvalue weighted by molar-refractivity contribution is -0.137. The Labute approximate surface area is 198 Å². The van der Waals surface area contributed by atoms with Crippen LogP contribution in [0.2, 0.25) is 0 Å². The van der Waals surface area contributed by atoms with Crippen molar-refractivity contribution in [2.75, 3.05) is 36.5 Å². The Morgan fingerprint density at radius 3 is 2.47 bits per heavy atom. The van der Waals surface area contributed by atoms with E-state index in [9.17, 15) is 9.90 Å². The number of aliphatic carboxylic acids is 1. The summed E-state index contributed by atoms with van der Waals surface area (Å²) in [4.78, 5) is 15.8. The molecule has 0 spiro atoms. The molecular formula is C25H31BrN2O4. The fourth-order valence-corrected chi connectivity index (χ4v) is 5.34. The molecule has 0 unspecified atom stereocenters. The lowest BCUT2D eigenvalue weighted by atomic mass is 10.1. The van der Waals surface area contributed by atoms with E-state index in [1.165, 1.54) is 0 Å². The minimum Gasteiger partial charge on any atom is -0.497 e. The highest BCUT2D eigenvalue weighted by Crippen LogP contribution is 2.34. The molecule has 4 rings (SSSR count). The van der Waals surface area contributed by atoms with Crippen LogP contribution in [0.25, 0.3) is 0 Å². The smallest absolute Gasteiger partial charge is 0.305 e. The predicted molar refractivity (Wildman–Crippen MR) is 130 cm³/mol. The summed E-state index contributed by atoms with van der Waals surface area (Å²) in [6.45, 7) is 4.94. The molecule has 0 bridgehead atoms. The van der Waals surface area contributed by atoms with E-state index in [1.54, 1.807) is 7.11 Å². The van der Waals surface area contributed by atoms with Crippen molar-refractivity contribution in [3.05, 3.63) is 46.9 Å². The Bertz CT molecular complexity index is 928. The van der Waals surface area contributed by atoms with Crippen LogP contribution >= 0.6 is 15.9 Å². The number of hydrogen-bond donors (Lipinski definition) is 1. The summed E-state index contributed by atoms with van der Waals surface area (Å²) in [6, 6.07) is 14.3. The second-order valence-electron chi connectivity index (χ2n) is 8.86. The van der Waals surface area contributed by atoms with Gasteiger partial charge in [0.25, 0.3) is 0 Å². The number of benzene rings is 2. The van der Waals surface area contributed by atoms with Crippen LogP contribution in [0, 0.1) is 5.92 Å². The zero-order valence-corrected chi connectivity index (χ0v) is 20.3. The summed E-state index contributed by atoms with van der Waals surface area (Å²) in [5.74, 6) is 1.50. The van der Waals surface area contributed by atoms with Gasteiger partial charge in [0.2, 0.25) is 0 Å². The Morgan fingerprint density at radius 1 is 1.12 bits per heavy atom. The second-order valence-corrected chi connectivity index (χ2v) is 9.71. The number of piperidine rings is 1. The third-order valence-electron chi connectivity index (χ3n) is 6.44. The highest BCUT2D eigenvalue weighted by molar-refractivity contribution is 9.10. The monoisotopic (exact) mass is 502 g/mol. The zero-order valence-electron chi connectivity index (χ0n) is 18.7. The van der Waals surface area contributed by atoms with Gasteiger partial charge in [-0.3, -0.25) is 4.79 Å². The lowest BCUT2D eigenvalue weighted by Gasteiger charge is -2.34. The van der Waals surface area contributed by atoms with Gasteiger partial charge < -0.3 is 24.4 Å². The highest BCUT2D eigenvalue weighted by Gasteiger charge is 2.31. The molecule has 0 aromatic heterocycles. The SMILES string of the molecule is COc1ccc(Br)c(N2CCC(Oc3ccc(N4C[C@H](C)C[C@@H]4CC(=O)O)cc3)CC2)c1. The molecule has 0 aliphatic carbocycles. The first-order chi connectivity index (χ1) is 15.4. The van der Waals surface area contributed by atoms with Crippen molar-refractivity contribution < 1.29 is 19.4 Å². The average Bonchev–Trinajstić information content (AvgIpc) is 3.14. The molecule has 1 N–H and O–H groups in total. The Kier molecular flexibility index (Phi) is 7.13. The molecule has 2 atom stereocenters. The minimum atomic E-state index is -0.735. The second kappa shape index (κ2) is 10.0. The first-order valence-electron chi connectivity index (χ1n) is 11.3. The molecule has 0 amide bonds. The Balaban J connectivity index is 1.33. The van der Waals surface area contributed by atoms with E-state index in [0.29, 0.717) is 5.92 Å². The molecule has 2 aliphatic rings. The van der Waals surface area contributed by atoms with Gasteiger partial charge in [0.05, 0.1) is 19.2 Å². The summed E-state index contributed by atoms with van der Waals surface area (Å²) < 4.78 is 12.7. The molecule has 2 aromatic rings. The summed E-state index contributed by atoms with van der Waals surface area (Å²) >= 11 is 3.65. The van der Waals surface area contributed by atoms with Crippen LogP contribution < -0.4 is 19.3 Å². The molecule has 32 heavy (non-hydrogen) atoms. The van der Waals surface area contributed by atoms with Gasteiger partial charge in [-0.05, 0) is 64.7 Å². The quantitative estimate of drug-likeness (QED) is 0.561. The van der Waals surface area contributed by atoms with Gasteiger partial charge in [0.15, 0.2) is 0 Å². The Morgan fingerprint density at radius 2 is 1.81 bits per heavy atom. The highest BCUT2D eigenvalue weighted by atomic mass is 79.9. The third kappa shape index (κ3) is 5.31. The maximum Gasteiger partial charge on any atom is 0.305 e. The number of anilines is 2. The van der Waals surface area contributed by atoms with Crippen LogP contribution in [-0.2, 0) is 4.79 Å². The van der Waals surface area contributed by atoms with E-state index in [0.717, 1.165) is 66.2 Å². The van der Waals surface area contributed by atoms with Crippen molar-refractivity contribution in [1.29, 1.82) is 0 Å². The fraction of sp³-hybridized carbons (Fsp3) is 0.480. The van der Waals surface area contributed by atoms with Crippen molar-refractivity contribution in [2.45, 2.75) is 44.8 Å². The van der Waals surface area contributed by atoms with Crippen molar-refractivity contribution in [3.63, 3.8) is 0 Å². The van der Waals surface area contributed by atoms with Crippen LogP contribution in [0.3, 0.4) is 0 Å². The van der Waals surface area contributed by atoms with E-state index in [4.69, 9.17) is 9.47 Å². The van der Waals surface area contributed by atoms with Crippen LogP contribution in [0.1, 0.15) is 32.6 Å². The van der Waals surface area contributed by atoms with Gasteiger partial charge in [-0.1, -0.05) is 6.92 Å². The van der Waals surface area contributed by atoms with Gasteiger partial charge in [-0.25, -0.2) is 0 Å². The van der Waals surface area contributed by atoms with Crippen LogP contribution in [0.5, 0.6) is 11.5 Å². The molecular weight excluding hydrogens is 472 g/mol. The van der Waals surface area contributed by atoms with E-state index in [2.05, 4.69) is 50.9 Å². The zero-order chi connectivity index (χ0) is 22.7.